The first-order chi connectivity index (χ1) is 13.3. The van der Waals surface area contributed by atoms with Crippen molar-refractivity contribution in [1.82, 2.24) is 0 Å². The molecule has 0 saturated heterocycles. The van der Waals surface area contributed by atoms with Gasteiger partial charge in [0.05, 0.1) is 24.8 Å². The van der Waals surface area contributed by atoms with Gasteiger partial charge in [-0.1, -0.05) is 47.5 Å². The van der Waals surface area contributed by atoms with Crippen molar-refractivity contribution in [2.75, 3.05) is 19.8 Å². The summed E-state index contributed by atoms with van der Waals surface area (Å²) in [7, 11) is -3.74. The maximum Gasteiger partial charge on any atom is 0.338 e. The van der Waals surface area contributed by atoms with Crippen molar-refractivity contribution in [2.24, 2.45) is 0 Å². The largest absolute Gasteiger partial charge is 0.338 e. The van der Waals surface area contributed by atoms with Crippen molar-refractivity contribution >= 4 is 30.8 Å². The Hall–Kier alpha value is -1.43. The molecule has 2 atom stereocenters. The summed E-state index contributed by atoms with van der Waals surface area (Å²) >= 11 is 12.0. The van der Waals surface area contributed by atoms with Gasteiger partial charge in [0, 0.05) is 15.0 Å². The van der Waals surface area contributed by atoms with Gasteiger partial charge in [-0.3, -0.25) is 14.7 Å². The first-order valence-electron chi connectivity index (χ1n) is 8.82. The third-order valence-electron chi connectivity index (χ3n) is 4.20. The molecule has 0 aliphatic carbocycles. The van der Waals surface area contributed by atoms with Crippen LogP contribution in [0.25, 0.3) is 0 Å². The fourth-order valence-corrected chi connectivity index (χ4v) is 5.72. The summed E-state index contributed by atoms with van der Waals surface area (Å²) in [6, 6.07) is 13.4. The van der Waals surface area contributed by atoms with E-state index in [0.717, 1.165) is 0 Å². The van der Waals surface area contributed by atoms with Gasteiger partial charge in [-0.05, 0) is 49.2 Å². The van der Waals surface area contributed by atoms with Crippen LogP contribution in [0.4, 0.5) is 0 Å². The minimum atomic E-state index is -3.74. The highest BCUT2D eigenvalue weighted by Gasteiger charge is 2.45. The zero-order valence-electron chi connectivity index (χ0n) is 15.6. The topological polar surface area (TPSA) is 78.7 Å². The van der Waals surface area contributed by atoms with Crippen molar-refractivity contribution < 1.29 is 18.5 Å². The van der Waals surface area contributed by atoms with E-state index in [1.165, 1.54) is 0 Å². The van der Waals surface area contributed by atoms with Crippen molar-refractivity contribution in [3.8, 4) is 0 Å². The third-order valence-corrected chi connectivity index (χ3v) is 7.27. The summed E-state index contributed by atoms with van der Waals surface area (Å²) in [5.41, 5.74) is 0.341. The molecule has 0 radical (unpaired) electrons. The van der Waals surface area contributed by atoms with Gasteiger partial charge >= 0.3 is 7.60 Å². The molecule has 0 spiro atoms. The minimum Gasteiger partial charge on any atom is -0.308 e. The molecule has 28 heavy (non-hydrogen) atoms. The van der Waals surface area contributed by atoms with Crippen molar-refractivity contribution in [1.29, 1.82) is 0 Å². The van der Waals surface area contributed by atoms with Gasteiger partial charge < -0.3 is 9.05 Å². The lowest BCUT2D eigenvalue weighted by Gasteiger charge is -2.31. The highest BCUT2D eigenvalue weighted by molar-refractivity contribution is 7.54. The predicted molar refractivity (Wildman–Crippen MR) is 111 cm³/mol. The molecule has 2 aromatic carbocycles. The normalized spacial score (nSPS) is 13.9. The molecule has 0 aliphatic rings. The zero-order chi connectivity index (χ0) is 20.7. The van der Waals surface area contributed by atoms with Crippen LogP contribution in [0.15, 0.2) is 48.5 Å². The van der Waals surface area contributed by atoms with Gasteiger partial charge in [0.15, 0.2) is 0 Å². The first kappa shape index (κ1) is 22.9. The van der Waals surface area contributed by atoms with E-state index in [-0.39, 0.29) is 13.2 Å². The van der Waals surface area contributed by atoms with Crippen LogP contribution in [0, 0.1) is 10.1 Å². The molecule has 0 heterocycles. The monoisotopic (exact) mass is 445 g/mol. The van der Waals surface area contributed by atoms with Crippen LogP contribution in [0.3, 0.4) is 0 Å². The lowest BCUT2D eigenvalue weighted by atomic mass is 9.91. The lowest BCUT2D eigenvalue weighted by molar-refractivity contribution is -0.483. The number of hydrogen-bond acceptors (Lipinski definition) is 5. The molecule has 0 unspecified atom stereocenters. The maximum absolute atomic E-state index is 13.7. The molecule has 0 N–H and O–H groups in total. The molecule has 0 bridgehead atoms. The summed E-state index contributed by atoms with van der Waals surface area (Å²) in [5, 5.41) is 12.5. The Kier molecular flexibility index (Phi) is 8.47. The third kappa shape index (κ3) is 5.79. The molecule has 6 nitrogen and oxygen atoms in total. The molecule has 0 aliphatic heterocycles. The van der Waals surface area contributed by atoms with E-state index >= 15 is 0 Å². The molecule has 0 aromatic heterocycles. The molecule has 0 fully saturated rings. The van der Waals surface area contributed by atoms with E-state index in [2.05, 4.69) is 0 Å². The average molecular weight is 446 g/mol. The van der Waals surface area contributed by atoms with E-state index in [9.17, 15) is 14.7 Å². The highest BCUT2D eigenvalue weighted by Crippen LogP contribution is 2.65. The number of rotatable bonds is 10. The fraction of sp³-hybridized carbons (Fsp3) is 0.368. The summed E-state index contributed by atoms with van der Waals surface area (Å²) in [5.74, 6) is -0.752. The van der Waals surface area contributed by atoms with Crippen LogP contribution < -0.4 is 0 Å². The van der Waals surface area contributed by atoms with Gasteiger partial charge in [-0.15, -0.1) is 0 Å². The van der Waals surface area contributed by atoms with Crippen LogP contribution in [-0.2, 0) is 13.6 Å². The molecule has 2 rings (SSSR count). The Balaban J connectivity index is 2.66. The van der Waals surface area contributed by atoms with E-state index in [0.29, 0.717) is 21.2 Å². The number of nitrogens with zero attached hydrogens (tertiary/aromatic N) is 1. The Morgan fingerprint density at radius 1 is 0.929 bits per heavy atom. The van der Waals surface area contributed by atoms with Crippen LogP contribution in [0.2, 0.25) is 10.0 Å². The van der Waals surface area contributed by atoms with Crippen LogP contribution >= 0.6 is 30.8 Å². The fourth-order valence-electron chi connectivity index (χ4n) is 3.11. The van der Waals surface area contributed by atoms with Gasteiger partial charge in [-0.25, -0.2) is 0 Å². The van der Waals surface area contributed by atoms with Crippen LogP contribution in [0.5, 0.6) is 0 Å². The Morgan fingerprint density at radius 2 is 1.36 bits per heavy atom. The molecule has 0 saturated carbocycles. The zero-order valence-corrected chi connectivity index (χ0v) is 18.0. The molecular formula is C19H22Cl2NO5P. The number of halogens is 2. The van der Waals surface area contributed by atoms with Gasteiger partial charge in [-0.2, -0.15) is 0 Å². The highest BCUT2D eigenvalue weighted by atomic mass is 35.5. The Labute approximate surface area is 174 Å². The summed E-state index contributed by atoms with van der Waals surface area (Å²) < 4.78 is 24.9. The summed E-state index contributed by atoms with van der Waals surface area (Å²) in [6.07, 6.45) is 0. The SMILES string of the molecule is CCOP(=O)(OCC)[C@@H](c1ccc(Cl)cc1)[C@@H](C[N+](=O)[O-])c1ccc(Cl)cc1. The summed E-state index contributed by atoms with van der Waals surface area (Å²) in [4.78, 5) is 11.0. The number of benzene rings is 2. The lowest BCUT2D eigenvalue weighted by Crippen LogP contribution is -2.22. The number of nitro groups is 1. The second-order valence-electron chi connectivity index (χ2n) is 6.05. The quantitative estimate of drug-likeness (QED) is 0.241. The second-order valence-corrected chi connectivity index (χ2v) is 9.07. The molecule has 9 heteroatoms. The Bertz CT molecular complexity index is 819. The van der Waals surface area contributed by atoms with E-state index in [4.69, 9.17) is 32.2 Å². The molecular weight excluding hydrogens is 424 g/mol. The predicted octanol–water partition coefficient (Wildman–Crippen LogP) is 6.36. The summed E-state index contributed by atoms with van der Waals surface area (Å²) in [6.45, 7) is 3.25. The molecule has 0 amide bonds. The van der Waals surface area contributed by atoms with Gasteiger partial charge in [0.2, 0.25) is 6.54 Å². The Morgan fingerprint density at radius 3 is 1.75 bits per heavy atom. The average Bonchev–Trinajstić information content (AvgIpc) is 2.63. The van der Waals surface area contributed by atoms with Crippen molar-refractivity contribution in [3.63, 3.8) is 0 Å². The molecule has 2 aromatic rings. The maximum atomic E-state index is 13.7. The molecule has 152 valence electrons. The number of hydrogen-bond donors (Lipinski definition) is 0. The van der Waals surface area contributed by atoms with Crippen molar-refractivity contribution in [3.05, 3.63) is 79.8 Å². The van der Waals surface area contributed by atoms with E-state index in [1.807, 2.05) is 0 Å². The van der Waals surface area contributed by atoms with Gasteiger partial charge in [0.1, 0.15) is 0 Å². The smallest absolute Gasteiger partial charge is 0.308 e. The van der Waals surface area contributed by atoms with E-state index < -0.39 is 30.6 Å². The van der Waals surface area contributed by atoms with Gasteiger partial charge in [0.25, 0.3) is 0 Å². The standard InChI is InChI=1S/C19H22Cl2NO5P/c1-3-26-28(25,27-4-2)19(15-7-11-17(21)12-8-15)18(13-22(23)24)14-5-9-16(20)10-6-14/h5-12,18-19H,3-4,13H2,1-2H3/t18-,19-/m0/s1. The van der Waals surface area contributed by atoms with Crippen LogP contribution in [-0.4, -0.2) is 24.7 Å². The van der Waals surface area contributed by atoms with Crippen LogP contribution in [0.1, 0.15) is 36.6 Å². The first-order valence-corrected chi connectivity index (χ1v) is 11.2. The minimum absolute atomic E-state index is 0.146. The van der Waals surface area contributed by atoms with E-state index in [1.54, 1.807) is 62.4 Å². The van der Waals surface area contributed by atoms with Crippen molar-refractivity contribution in [2.45, 2.75) is 25.4 Å². The second kappa shape index (κ2) is 10.4.